The van der Waals surface area contributed by atoms with E-state index in [-0.39, 0.29) is 36.1 Å². The van der Waals surface area contributed by atoms with E-state index in [4.69, 9.17) is 9.47 Å². The molecule has 5 heteroatoms. The van der Waals surface area contributed by atoms with E-state index in [1.807, 2.05) is 69.3 Å². The molecule has 2 atom stereocenters. The van der Waals surface area contributed by atoms with Gasteiger partial charge in [0.15, 0.2) is 5.78 Å². The van der Waals surface area contributed by atoms with Gasteiger partial charge in [-0.3, -0.25) is 9.59 Å². The van der Waals surface area contributed by atoms with Gasteiger partial charge in [-0.15, -0.1) is 0 Å². The summed E-state index contributed by atoms with van der Waals surface area (Å²) in [5.41, 5.74) is 3.50. The summed E-state index contributed by atoms with van der Waals surface area (Å²) in [6, 6.07) is 15.7. The molecule has 2 aliphatic rings. The SMILES string of the molecule is CCOc1ccccc1C1CC(=O)NC2=C1C(=O)CC(c1ccc(OC(C)C)cc1)C2. The second-order valence-corrected chi connectivity index (χ2v) is 8.43. The van der Waals surface area contributed by atoms with Crippen LogP contribution in [0, 0.1) is 0 Å². The molecule has 0 aromatic heterocycles. The highest BCUT2D eigenvalue weighted by Crippen LogP contribution is 2.44. The highest BCUT2D eigenvalue weighted by atomic mass is 16.5. The minimum absolute atomic E-state index is 0.0422. The fourth-order valence-electron chi connectivity index (χ4n) is 4.61. The molecule has 1 aliphatic carbocycles. The number of ketones is 1. The average molecular weight is 420 g/mol. The number of allylic oxidation sites excluding steroid dienone is 2. The molecule has 1 aliphatic heterocycles. The van der Waals surface area contributed by atoms with Gasteiger partial charge in [0.05, 0.1) is 12.7 Å². The molecule has 4 rings (SSSR count). The molecule has 162 valence electrons. The molecular formula is C26H29NO4. The molecule has 1 heterocycles. The van der Waals surface area contributed by atoms with Crippen LogP contribution in [0.5, 0.6) is 11.5 Å². The normalized spacial score (nSPS) is 21.0. The molecule has 0 spiro atoms. The first-order chi connectivity index (χ1) is 15.0. The predicted octanol–water partition coefficient (Wildman–Crippen LogP) is 4.88. The lowest BCUT2D eigenvalue weighted by atomic mass is 9.73. The summed E-state index contributed by atoms with van der Waals surface area (Å²) in [5.74, 6) is 1.39. The Bertz CT molecular complexity index is 1010. The van der Waals surface area contributed by atoms with Crippen LogP contribution >= 0.6 is 0 Å². The molecule has 0 bridgehead atoms. The Balaban J connectivity index is 1.64. The molecule has 1 N–H and O–H groups in total. The van der Waals surface area contributed by atoms with Crippen molar-refractivity contribution in [2.24, 2.45) is 0 Å². The fourth-order valence-corrected chi connectivity index (χ4v) is 4.61. The van der Waals surface area contributed by atoms with Gasteiger partial charge in [0.1, 0.15) is 11.5 Å². The van der Waals surface area contributed by atoms with Crippen LogP contribution in [0.25, 0.3) is 0 Å². The molecule has 2 aromatic carbocycles. The average Bonchev–Trinajstić information content (AvgIpc) is 2.73. The molecule has 0 radical (unpaired) electrons. The largest absolute Gasteiger partial charge is 0.494 e. The van der Waals surface area contributed by atoms with Gasteiger partial charge in [0.2, 0.25) is 5.91 Å². The van der Waals surface area contributed by atoms with E-state index in [0.717, 1.165) is 33.9 Å². The van der Waals surface area contributed by atoms with E-state index >= 15 is 0 Å². The molecule has 2 unspecified atom stereocenters. The lowest BCUT2D eigenvalue weighted by Crippen LogP contribution is -2.38. The maximum Gasteiger partial charge on any atom is 0.225 e. The summed E-state index contributed by atoms with van der Waals surface area (Å²) in [5, 5.41) is 2.99. The van der Waals surface area contributed by atoms with Crippen LogP contribution in [0.3, 0.4) is 0 Å². The Kier molecular flexibility index (Phi) is 6.12. The van der Waals surface area contributed by atoms with Crippen LogP contribution in [-0.4, -0.2) is 24.4 Å². The Morgan fingerprint density at radius 2 is 1.74 bits per heavy atom. The number of carbonyl (C=O) groups is 2. The zero-order valence-corrected chi connectivity index (χ0v) is 18.3. The first kappa shape index (κ1) is 21.2. The van der Waals surface area contributed by atoms with Gasteiger partial charge in [-0.25, -0.2) is 0 Å². The van der Waals surface area contributed by atoms with Crippen molar-refractivity contribution < 1.29 is 19.1 Å². The predicted molar refractivity (Wildman–Crippen MR) is 119 cm³/mol. The maximum absolute atomic E-state index is 13.3. The fraction of sp³-hybridized carbons (Fsp3) is 0.385. The third-order valence-corrected chi connectivity index (χ3v) is 5.85. The zero-order chi connectivity index (χ0) is 22.0. The van der Waals surface area contributed by atoms with Crippen molar-refractivity contribution in [3.8, 4) is 11.5 Å². The Morgan fingerprint density at radius 1 is 1.00 bits per heavy atom. The lowest BCUT2D eigenvalue weighted by Gasteiger charge is -2.35. The molecule has 31 heavy (non-hydrogen) atoms. The van der Waals surface area contributed by atoms with Crippen LogP contribution in [0.15, 0.2) is 59.8 Å². The van der Waals surface area contributed by atoms with Gasteiger partial charge < -0.3 is 14.8 Å². The van der Waals surface area contributed by atoms with E-state index in [1.54, 1.807) is 0 Å². The van der Waals surface area contributed by atoms with Crippen LogP contribution in [0.2, 0.25) is 0 Å². The number of Topliss-reactive ketones (excluding diaryl/α,β-unsaturated/α-hetero) is 1. The highest BCUT2D eigenvalue weighted by molar-refractivity contribution is 6.02. The monoisotopic (exact) mass is 419 g/mol. The number of nitrogens with one attached hydrogen (secondary N) is 1. The second-order valence-electron chi connectivity index (χ2n) is 8.43. The molecule has 0 saturated carbocycles. The van der Waals surface area contributed by atoms with E-state index in [9.17, 15) is 9.59 Å². The van der Waals surface area contributed by atoms with Crippen molar-refractivity contribution in [3.05, 3.63) is 70.9 Å². The zero-order valence-electron chi connectivity index (χ0n) is 18.3. The van der Waals surface area contributed by atoms with Crippen molar-refractivity contribution in [1.82, 2.24) is 5.32 Å². The number of amides is 1. The van der Waals surface area contributed by atoms with Crippen LogP contribution in [-0.2, 0) is 9.59 Å². The molecular weight excluding hydrogens is 390 g/mol. The smallest absolute Gasteiger partial charge is 0.225 e. The third-order valence-electron chi connectivity index (χ3n) is 5.85. The van der Waals surface area contributed by atoms with Crippen LogP contribution in [0.4, 0.5) is 0 Å². The quantitative estimate of drug-likeness (QED) is 0.725. The lowest BCUT2D eigenvalue weighted by molar-refractivity contribution is -0.122. The van der Waals surface area contributed by atoms with Gasteiger partial charge in [-0.2, -0.15) is 0 Å². The number of ether oxygens (including phenoxy) is 2. The summed E-state index contributed by atoms with van der Waals surface area (Å²) in [6.45, 7) is 6.46. The standard InChI is InChI=1S/C26H29NO4/c1-4-30-24-8-6-5-7-20(24)21-15-25(29)27-22-13-18(14-23(28)26(21)22)17-9-11-19(12-10-17)31-16(2)3/h5-12,16,18,21H,4,13-15H2,1-3H3,(H,27,29). The number of para-hydroxylation sites is 1. The molecule has 0 saturated heterocycles. The molecule has 5 nitrogen and oxygen atoms in total. The van der Waals surface area contributed by atoms with Crippen LogP contribution in [0.1, 0.15) is 63.0 Å². The minimum atomic E-state index is -0.262. The van der Waals surface area contributed by atoms with E-state index < -0.39 is 0 Å². The molecule has 0 fully saturated rings. The molecule has 1 amide bonds. The van der Waals surface area contributed by atoms with Crippen molar-refractivity contribution in [2.75, 3.05) is 6.61 Å². The number of hydrogen-bond acceptors (Lipinski definition) is 4. The number of benzene rings is 2. The third kappa shape index (κ3) is 4.50. The van der Waals surface area contributed by atoms with Gasteiger partial charge in [0.25, 0.3) is 0 Å². The van der Waals surface area contributed by atoms with Crippen molar-refractivity contribution >= 4 is 11.7 Å². The minimum Gasteiger partial charge on any atom is -0.494 e. The second kappa shape index (κ2) is 8.96. The summed E-state index contributed by atoms with van der Waals surface area (Å²) in [4.78, 5) is 25.9. The van der Waals surface area contributed by atoms with Gasteiger partial charge >= 0.3 is 0 Å². The summed E-state index contributed by atoms with van der Waals surface area (Å²) < 4.78 is 11.5. The highest BCUT2D eigenvalue weighted by Gasteiger charge is 2.39. The topological polar surface area (TPSA) is 64.6 Å². The van der Waals surface area contributed by atoms with Gasteiger partial charge in [-0.1, -0.05) is 30.3 Å². The number of rotatable bonds is 6. The van der Waals surface area contributed by atoms with E-state index in [1.165, 1.54) is 0 Å². The van der Waals surface area contributed by atoms with Crippen molar-refractivity contribution in [3.63, 3.8) is 0 Å². The van der Waals surface area contributed by atoms with Crippen molar-refractivity contribution in [2.45, 2.75) is 58.0 Å². The first-order valence-corrected chi connectivity index (χ1v) is 11.0. The van der Waals surface area contributed by atoms with E-state index in [2.05, 4.69) is 5.32 Å². The molecule has 2 aromatic rings. The van der Waals surface area contributed by atoms with Crippen molar-refractivity contribution in [1.29, 1.82) is 0 Å². The first-order valence-electron chi connectivity index (χ1n) is 11.0. The number of hydrogen-bond donors (Lipinski definition) is 1. The Morgan fingerprint density at radius 3 is 2.45 bits per heavy atom. The summed E-state index contributed by atoms with van der Waals surface area (Å²) >= 11 is 0. The van der Waals surface area contributed by atoms with Gasteiger partial charge in [0, 0.05) is 35.6 Å². The van der Waals surface area contributed by atoms with Gasteiger partial charge in [-0.05, 0) is 56.9 Å². The Hall–Kier alpha value is -3.08. The summed E-state index contributed by atoms with van der Waals surface area (Å²) in [6.07, 6.45) is 1.46. The maximum atomic E-state index is 13.3. The Labute approximate surface area is 183 Å². The number of carbonyl (C=O) groups excluding carboxylic acids is 2. The summed E-state index contributed by atoms with van der Waals surface area (Å²) in [7, 11) is 0. The van der Waals surface area contributed by atoms with Crippen LogP contribution < -0.4 is 14.8 Å². The van der Waals surface area contributed by atoms with E-state index in [0.29, 0.717) is 19.4 Å².